The Bertz CT molecular complexity index is 1840. The third-order valence-corrected chi connectivity index (χ3v) is 5.98. The zero-order valence-corrected chi connectivity index (χ0v) is 51.8. The van der Waals surface area contributed by atoms with E-state index in [2.05, 4.69) is 26.0 Å². The van der Waals surface area contributed by atoms with Crippen LogP contribution in [0.3, 0.4) is 0 Å². The molecule has 0 atom stereocenters. The number of carbonyl (C=O) groups excluding carboxylic acids is 5. The first-order valence-electron chi connectivity index (χ1n) is 19.3. The molecular weight excluding hydrogens is 1340 g/mol. The molecule has 0 aliphatic heterocycles. The monoisotopic (exact) mass is 1390 g/mol. The van der Waals surface area contributed by atoms with Crippen LogP contribution >= 0.6 is 35.6 Å². The van der Waals surface area contributed by atoms with Crippen molar-refractivity contribution in [1.29, 1.82) is 0 Å². The van der Waals surface area contributed by atoms with Crippen molar-refractivity contribution in [3.63, 3.8) is 0 Å². The van der Waals surface area contributed by atoms with Gasteiger partial charge in [0.2, 0.25) is 5.78 Å². The second kappa shape index (κ2) is 57.7. The van der Waals surface area contributed by atoms with Gasteiger partial charge in [0.1, 0.15) is 5.82 Å². The van der Waals surface area contributed by atoms with Crippen molar-refractivity contribution in [1.82, 2.24) is 10.5 Å². The molecule has 0 bridgehead atoms. The molecule has 2 aromatic carbocycles. The van der Waals surface area contributed by atoms with Crippen molar-refractivity contribution in [2.24, 2.45) is 0 Å². The normalized spacial score (nSPS) is 9.81. The number of hydrogen-bond acceptors (Lipinski definition) is 10. The van der Waals surface area contributed by atoms with Gasteiger partial charge in [0.15, 0.2) is 0 Å². The number of ketones is 2. The van der Waals surface area contributed by atoms with Crippen molar-refractivity contribution in [3.05, 3.63) is 95.6 Å². The van der Waals surface area contributed by atoms with Gasteiger partial charge in [0.25, 0.3) is 5.78 Å². The third-order valence-electron chi connectivity index (χ3n) is 5.98. The number of halogens is 22. The molecule has 1 N–H and O–H groups in total. The molecule has 0 heterocycles. The Morgan fingerprint density at radius 2 is 0.987 bits per heavy atom. The first kappa shape index (κ1) is 108. The summed E-state index contributed by atoms with van der Waals surface area (Å²) < 4.78 is 204. The molecule has 0 aliphatic rings. The van der Waals surface area contributed by atoms with Crippen LogP contribution in [-0.2, 0) is 48.5 Å². The number of benzene rings is 2. The van der Waals surface area contributed by atoms with E-state index in [-0.39, 0.29) is 116 Å². The summed E-state index contributed by atoms with van der Waals surface area (Å²) in [6.07, 6.45) is -25.7. The fraction of sp³-hybridized carbons (Fsp3) is 0.523. The number of ether oxygens (including phenoxy) is 2. The van der Waals surface area contributed by atoms with Crippen LogP contribution in [0, 0.1) is 24.3 Å². The third kappa shape index (κ3) is 75.9. The molecule has 0 saturated carbocycles. The van der Waals surface area contributed by atoms with Crippen LogP contribution in [0.15, 0.2) is 65.8 Å². The number of allylic oxidation sites excluding steroid dienone is 3. The molecule has 458 valence electrons. The quantitative estimate of drug-likeness (QED) is 0.0430. The average Bonchev–Trinajstić information content (AvgIpc) is 3.23. The van der Waals surface area contributed by atoms with Gasteiger partial charge in [-0.15, -0.1) is 47.7 Å². The second-order valence-corrected chi connectivity index (χ2v) is 14.1. The molecule has 2 aromatic rings. The van der Waals surface area contributed by atoms with Crippen molar-refractivity contribution in [3.8, 4) is 0 Å². The summed E-state index contributed by atoms with van der Waals surface area (Å²) in [4.78, 5) is 58.7. The predicted molar refractivity (Wildman–Crippen MR) is 259 cm³/mol. The molecule has 0 unspecified atom stereocenters. The summed E-state index contributed by atoms with van der Waals surface area (Å²) in [7, 11) is 5.14. The molecule has 0 fully saturated rings. The van der Waals surface area contributed by atoms with Crippen molar-refractivity contribution in [2.45, 2.75) is 106 Å². The molecule has 79 heavy (non-hydrogen) atoms. The number of esters is 2. The van der Waals surface area contributed by atoms with Gasteiger partial charge in [0, 0.05) is 39.5 Å². The molecule has 1 amide bonds. The molecule has 0 aliphatic carbocycles. The summed E-state index contributed by atoms with van der Waals surface area (Å²) in [5.41, 5.74) is 3.22. The van der Waals surface area contributed by atoms with Crippen LogP contribution in [0.2, 0.25) is 0 Å². The molecule has 0 aromatic heterocycles. The van der Waals surface area contributed by atoms with E-state index in [9.17, 15) is 98.6 Å². The second-order valence-electron chi connectivity index (χ2n) is 13.3. The van der Waals surface area contributed by atoms with Gasteiger partial charge >= 0.3 is 94.8 Å². The Balaban J connectivity index is -0.0000000585. The van der Waals surface area contributed by atoms with Crippen LogP contribution in [0.5, 0.6) is 0 Å². The maximum atomic E-state index is 12.7. The standard InChI is InChI=1S/C12H12F4O.C6H7F3O.C6H4F.C4F6O3.C4H6F3NO2.C4H10O.C4H7.C2H7NO.CH2Cl2.CH4.2BrH.ClH.2Mg/c1-11(2,7-10(17)12(14,15)16)8-3-5-9(13)6-4-8;1-4(2)3-5(10)6(7,8)9;7-6-4-2-1-3-5-6;5-3(6,7)1(11)13-2(12)4(8,9)10;1-8(10-2)3(9)4(5,6)7;1-3-5-4-2;1-4(2)3;1-3-4-2;2-1-3;;;;;;/h3-6H,7H2,1-2H3;3H,1-2H3;2-5H;;1-2H3;3-4H2,1-2H3;1H,2-3H3;3H,1-2H3;1H2;1H4;3*1H;;/q;;-1;;;;-1;;;;;;;2*+2/p-2. The van der Waals surface area contributed by atoms with Crippen LogP contribution in [0.1, 0.15) is 74.8 Å². The Morgan fingerprint density at radius 3 is 1.15 bits per heavy atom. The Hall–Kier alpha value is -2.12. The summed E-state index contributed by atoms with van der Waals surface area (Å²) in [6, 6.07) is 13.6. The van der Waals surface area contributed by atoms with Gasteiger partial charge in [-0.3, -0.25) is 24.8 Å². The van der Waals surface area contributed by atoms with E-state index in [1.165, 1.54) is 64.1 Å². The van der Waals surface area contributed by atoms with Crippen LogP contribution in [-0.4, -0.2) is 158 Å². The predicted octanol–water partition coefficient (Wildman–Crippen LogP) is 7.01. The van der Waals surface area contributed by atoms with E-state index in [0.717, 1.165) is 45.1 Å². The molecule has 2 rings (SSSR count). The van der Waals surface area contributed by atoms with Gasteiger partial charge < -0.3 is 54.9 Å². The van der Waals surface area contributed by atoms with Crippen LogP contribution in [0.4, 0.5) is 74.6 Å². The van der Waals surface area contributed by atoms with Gasteiger partial charge in [-0.1, -0.05) is 52.8 Å². The van der Waals surface area contributed by atoms with E-state index in [4.69, 9.17) is 34.5 Å². The molecule has 0 spiro atoms. The largest absolute Gasteiger partial charge is 2.00 e. The SMILES string of the molecule is C.CC(C)(CC(=O)C(F)(F)F)c1ccc(F)cc1.CC(C)=CC(=O)C(F)(F)F.CCOCC.CNOC.CON(C)C(=O)C(F)(F)F.Cl.ClCCl.Fc1cc[c-]cc1.O=C(OC(=O)C(F)(F)F)C(F)(F)F.[Br-].[Br-].[CH-]=C(C)C.[Mg+2].[Mg+2]. The molecule has 35 heteroatoms. The first-order chi connectivity index (χ1) is 32.8. The molecule has 0 saturated heterocycles. The number of rotatable bonds is 8. The first-order valence-corrected chi connectivity index (χ1v) is 20.3. The zero-order chi connectivity index (χ0) is 59.8. The van der Waals surface area contributed by atoms with Crippen LogP contribution in [0.25, 0.3) is 0 Å². The van der Waals surface area contributed by atoms with E-state index in [1.807, 2.05) is 27.7 Å². The minimum Gasteiger partial charge on any atom is -1.00 e. The maximum Gasteiger partial charge on any atom is 2.00 e. The number of alkyl halides is 17. The van der Waals surface area contributed by atoms with Gasteiger partial charge in [-0.2, -0.15) is 84.1 Å². The number of nitrogens with zero attached hydrogens (tertiary/aromatic N) is 1. The van der Waals surface area contributed by atoms with E-state index in [0.29, 0.717) is 17.2 Å². The summed E-state index contributed by atoms with van der Waals surface area (Å²) in [5.74, 6) is -12.7. The fourth-order valence-electron chi connectivity index (χ4n) is 2.88. The van der Waals surface area contributed by atoms with Gasteiger partial charge in [-0.25, -0.2) is 28.9 Å². The van der Waals surface area contributed by atoms with E-state index in [1.54, 1.807) is 14.2 Å². The number of nitrogens with one attached hydrogen (secondary N) is 1. The number of amides is 1. The Morgan fingerprint density at radius 1 is 0.671 bits per heavy atom. The molecular formula is C44H60Br2Cl3F17Mg2N2O9. The van der Waals surface area contributed by atoms with Crippen molar-refractivity contribution < 1.29 is 152 Å². The topological polar surface area (TPSA) is 138 Å². The molecule has 0 radical (unpaired) electrons. The number of carbonyl (C=O) groups is 5. The number of hydroxylamine groups is 3. The van der Waals surface area contributed by atoms with E-state index >= 15 is 0 Å². The summed E-state index contributed by atoms with van der Waals surface area (Å²) in [6.45, 7) is 20.3. The van der Waals surface area contributed by atoms with Crippen LogP contribution < -0.4 is 39.4 Å². The summed E-state index contributed by atoms with van der Waals surface area (Å²) >= 11 is 9.53. The Kier molecular flexibility index (Phi) is 79.2. The fourth-order valence-corrected chi connectivity index (χ4v) is 2.88. The Labute approximate surface area is 517 Å². The number of Topliss-reactive ketones (excluding diaryl/α,β-unsaturated/α-hetero) is 1. The van der Waals surface area contributed by atoms with Crippen molar-refractivity contribution in [2.75, 3.05) is 46.9 Å². The number of hydrogen-bond donors (Lipinski definition) is 1. The summed E-state index contributed by atoms with van der Waals surface area (Å²) in [5, 5.41) is 0.306. The van der Waals surface area contributed by atoms with Gasteiger partial charge in [0.05, 0.1) is 19.6 Å². The maximum absolute atomic E-state index is 12.7. The van der Waals surface area contributed by atoms with Gasteiger partial charge in [-0.05, 0) is 56.9 Å². The average molecular weight is 1400 g/mol. The van der Waals surface area contributed by atoms with Crippen molar-refractivity contribution >= 4 is 111 Å². The minimum atomic E-state index is -5.62. The molecule has 11 nitrogen and oxygen atoms in total. The smallest absolute Gasteiger partial charge is 1.00 e. The minimum absolute atomic E-state index is 0. The van der Waals surface area contributed by atoms with E-state index < -0.39 is 77.9 Å². The zero-order valence-electron chi connectivity index (χ0n) is 43.5.